The Morgan fingerprint density at radius 2 is 1.88 bits per heavy atom. The second-order valence-corrected chi connectivity index (χ2v) is 5.38. The first-order valence-electron chi connectivity index (χ1n) is 6.67. The van der Waals surface area contributed by atoms with Crippen LogP contribution >= 0.6 is 0 Å². The number of carboxylic acid groups (broad SMARTS) is 1. The lowest BCUT2D eigenvalue weighted by molar-refractivity contribution is -0.131. The molecule has 0 spiro atoms. The third-order valence-electron chi connectivity index (χ3n) is 4.42. The fourth-order valence-corrected chi connectivity index (χ4v) is 3.71. The molecule has 0 aliphatic heterocycles. The molecule has 2 unspecified atom stereocenters. The third kappa shape index (κ3) is 2.87. The second kappa shape index (κ2) is 5.51. The molecular formula is C14H22O2. The van der Waals surface area contributed by atoms with Crippen molar-refractivity contribution in [3.8, 4) is 0 Å². The molecule has 0 amide bonds. The summed E-state index contributed by atoms with van der Waals surface area (Å²) >= 11 is 0. The Labute approximate surface area is 97.7 Å². The van der Waals surface area contributed by atoms with Crippen molar-refractivity contribution in [3.63, 3.8) is 0 Å². The van der Waals surface area contributed by atoms with E-state index in [2.05, 4.69) is 0 Å². The molecule has 2 atom stereocenters. The molecule has 2 nitrogen and oxygen atoms in total. The number of hydrogen-bond acceptors (Lipinski definition) is 1. The Kier molecular flexibility index (Phi) is 4.03. The van der Waals surface area contributed by atoms with E-state index < -0.39 is 5.97 Å². The zero-order valence-corrected chi connectivity index (χ0v) is 9.90. The maximum absolute atomic E-state index is 10.4. The molecule has 2 saturated carbocycles. The fraction of sp³-hybridized carbons (Fsp3) is 0.786. The maximum atomic E-state index is 10.4. The Balaban J connectivity index is 1.85. The van der Waals surface area contributed by atoms with E-state index in [1.165, 1.54) is 51.0 Å². The minimum atomic E-state index is -0.810. The minimum Gasteiger partial charge on any atom is -0.478 e. The van der Waals surface area contributed by atoms with Crippen molar-refractivity contribution < 1.29 is 9.90 Å². The van der Waals surface area contributed by atoms with Gasteiger partial charge in [-0.3, -0.25) is 0 Å². The lowest BCUT2D eigenvalue weighted by Gasteiger charge is -2.24. The van der Waals surface area contributed by atoms with E-state index in [4.69, 9.17) is 5.11 Å². The molecule has 2 aliphatic carbocycles. The highest BCUT2D eigenvalue weighted by Gasteiger charge is 2.33. The molecule has 1 N–H and O–H groups in total. The summed E-state index contributed by atoms with van der Waals surface area (Å²) in [4.78, 5) is 10.4. The molecule has 2 aliphatic rings. The minimum absolute atomic E-state index is 0.763. The van der Waals surface area contributed by atoms with E-state index in [1.807, 2.05) is 6.08 Å². The summed E-state index contributed by atoms with van der Waals surface area (Å²) in [6, 6.07) is 0. The molecule has 0 aromatic carbocycles. The lowest BCUT2D eigenvalue weighted by Crippen LogP contribution is -2.16. The summed E-state index contributed by atoms with van der Waals surface area (Å²) in [5, 5.41) is 8.58. The van der Waals surface area contributed by atoms with Crippen molar-refractivity contribution in [2.75, 3.05) is 0 Å². The van der Waals surface area contributed by atoms with Gasteiger partial charge < -0.3 is 5.11 Å². The van der Waals surface area contributed by atoms with Gasteiger partial charge >= 0.3 is 5.97 Å². The van der Waals surface area contributed by atoms with Gasteiger partial charge in [0.2, 0.25) is 0 Å². The molecule has 90 valence electrons. The number of aliphatic carboxylic acids is 1. The topological polar surface area (TPSA) is 37.3 Å². The Morgan fingerprint density at radius 3 is 2.56 bits per heavy atom. The zero-order chi connectivity index (χ0) is 11.4. The number of rotatable bonds is 4. The standard InChI is InChI=1S/C14H22O2/c15-14(16)10-4-8-12-7-3-9-13(12)11-5-1-2-6-11/h4,10-13H,1-3,5-9H2,(H,15,16)/b10-4-. The number of carbonyl (C=O) groups is 1. The van der Waals surface area contributed by atoms with Crippen LogP contribution in [0.2, 0.25) is 0 Å². The fourth-order valence-electron chi connectivity index (χ4n) is 3.71. The van der Waals surface area contributed by atoms with Gasteiger partial charge in [0, 0.05) is 6.08 Å². The SMILES string of the molecule is O=C(O)/C=C\CC1CCCC1C1CCCC1. The van der Waals surface area contributed by atoms with Gasteiger partial charge in [-0.25, -0.2) is 4.79 Å². The van der Waals surface area contributed by atoms with Crippen molar-refractivity contribution in [1.29, 1.82) is 0 Å². The van der Waals surface area contributed by atoms with Crippen molar-refractivity contribution >= 4 is 5.97 Å². The molecule has 16 heavy (non-hydrogen) atoms. The van der Waals surface area contributed by atoms with Crippen LogP contribution in [0.15, 0.2) is 12.2 Å². The van der Waals surface area contributed by atoms with Crippen LogP contribution in [-0.4, -0.2) is 11.1 Å². The van der Waals surface area contributed by atoms with Gasteiger partial charge in [0.25, 0.3) is 0 Å². The van der Waals surface area contributed by atoms with Crippen LogP contribution in [0, 0.1) is 17.8 Å². The molecule has 0 bridgehead atoms. The van der Waals surface area contributed by atoms with Crippen LogP contribution in [0.3, 0.4) is 0 Å². The number of hydrogen-bond donors (Lipinski definition) is 1. The van der Waals surface area contributed by atoms with Crippen molar-refractivity contribution in [2.24, 2.45) is 17.8 Å². The maximum Gasteiger partial charge on any atom is 0.327 e. The summed E-state index contributed by atoms with van der Waals surface area (Å²) in [7, 11) is 0. The summed E-state index contributed by atoms with van der Waals surface area (Å²) < 4.78 is 0. The van der Waals surface area contributed by atoms with Crippen LogP contribution in [0.1, 0.15) is 51.4 Å². The highest BCUT2D eigenvalue weighted by molar-refractivity contribution is 5.79. The van der Waals surface area contributed by atoms with Crippen molar-refractivity contribution in [1.82, 2.24) is 0 Å². The first-order valence-corrected chi connectivity index (χ1v) is 6.67. The smallest absolute Gasteiger partial charge is 0.327 e. The van der Waals surface area contributed by atoms with Crippen molar-refractivity contribution in [2.45, 2.75) is 51.4 Å². The molecule has 0 saturated heterocycles. The highest BCUT2D eigenvalue weighted by Crippen LogP contribution is 2.45. The average Bonchev–Trinajstić information content (AvgIpc) is 2.84. The Bertz CT molecular complexity index is 264. The van der Waals surface area contributed by atoms with E-state index >= 15 is 0 Å². The quantitative estimate of drug-likeness (QED) is 0.737. The zero-order valence-electron chi connectivity index (χ0n) is 9.90. The van der Waals surface area contributed by atoms with Gasteiger partial charge in [0.15, 0.2) is 0 Å². The van der Waals surface area contributed by atoms with Crippen LogP contribution in [-0.2, 0) is 4.79 Å². The van der Waals surface area contributed by atoms with Crippen LogP contribution in [0.4, 0.5) is 0 Å². The second-order valence-electron chi connectivity index (χ2n) is 5.38. The summed E-state index contributed by atoms with van der Waals surface area (Å²) in [5.74, 6) is 1.79. The predicted molar refractivity (Wildman–Crippen MR) is 64.2 cm³/mol. The normalized spacial score (nSPS) is 31.5. The monoisotopic (exact) mass is 222 g/mol. The van der Waals surface area contributed by atoms with E-state index in [0.717, 1.165) is 24.2 Å². The molecule has 0 heterocycles. The largest absolute Gasteiger partial charge is 0.478 e. The molecule has 2 heteroatoms. The van der Waals surface area contributed by atoms with Gasteiger partial charge in [0.05, 0.1) is 0 Å². The van der Waals surface area contributed by atoms with E-state index in [0.29, 0.717) is 0 Å². The first kappa shape index (κ1) is 11.7. The summed E-state index contributed by atoms with van der Waals surface area (Å²) in [6.07, 6.45) is 13.9. The molecule has 0 aromatic heterocycles. The number of allylic oxidation sites excluding steroid dienone is 1. The van der Waals surface area contributed by atoms with Gasteiger partial charge in [-0.1, -0.05) is 38.2 Å². The highest BCUT2D eigenvalue weighted by atomic mass is 16.4. The average molecular weight is 222 g/mol. The van der Waals surface area contributed by atoms with Crippen LogP contribution in [0.25, 0.3) is 0 Å². The van der Waals surface area contributed by atoms with Gasteiger partial charge in [-0.2, -0.15) is 0 Å². The predicted octanol–water partition coefficient (Wildman–Crippen LogP) is 3.62. The summed E-state index contributed by atoms with van der Waals surface area (Å²) in [5.41, 5.74) is 0. The first-order chi connectivity index (χ1) is 7.77. The van der Waals surface area contributed by atoms with Gasteiger partial charge in [-0.05, 0) is 37.0 Å². The molecule has 0 aromatic rings. The summed E-state index contributed by atoms with van der Waals surface area (Å²) in [6.45, 7) is 0. The van der Waals surface area contributed by atoms with E-state index in [9.17, 15) is 4.79 Å². The molecule has 2 fully saturated rings. The van der Waals surface area contributed by atoms with Gasteiger partial charge in [-0.15, -0.1) is 0 Å². The van der Waals surface area contributed by atoms with Crippen LogP contribution in [0.5, 0.6) is 0 Å². The lowest BCUT2D eigenvalue weighted by atomic mass is 9.81. The van der Waals surface area contributed by atoms with E-state index in [-0.39, 0.29) is 0 Å². The Morgan fingerprint density at radius 1 is 1.12 bits per heavy atom. The number of carboxylic acids is 1. The molecular weight excluding hydrogens is 200 g/mol. The molecule has 0 radical (unpaired) electrons. The van der Waals surface area contributed by atoms with E-state index in [1.54, 1.807) is 0 Å². The van der Waals surface area contributed by atoms with Crippen LogP contribution < -0.4 is 0 Å². The third-order valence-corrected chi connectivity index (χ3v) is 4.42. The molecule has 2 rings (SSSR count). The Hall–Kier alpha value is -0.790. The van der Waals surface area contributed by atoms with Crippen molar-refractivity contribution in [3.05, 3.63) is 12.2 Å². The van der Waals surface area contributed by atoms with Gasteiger partial charge in [0.1, 0.15) is 0 Å².